The number of carbonyl (C=O) groups excluding carboxylic acids is 2. The van der Waals surface area contributed by atoms with Gasteiger partial charge in [0.25, 0.3) is 0 Å². The van der Waals surface area contributed by atoms with Gasteiger partial charge in [0.15, 0.2) is 0 Å². The number of carbonyl (C=O) groups is 2. The van der Waals surface area contributed by atoms with E-state index in [2.05, 4.69) is 17.7 Å². The molecule has 1 atom stereocenters. The predicted molar refractivity (Wildman–Crippen MR) is 251 cm³/mol. The molecule has 1 aliphatic heterocycles. The van der Waals surface area contributed by atoms with Crippen molar-refractivity contribution in [1.82, 2.24) is 0 Å². The topological polar surface area (TPSA) is 43.4 Å². The molecule has 0 aliphatic carbocycles. The second kappa shape index (κ2) is 46.0. The number of allylic oxidation sites excluding steroid dienone is 1. The van der Waals surface area contributed by atoms with Gasteiger partial charge in [-0.15, -0.1) is 0 Å². The van der Waals surface area contributed by atoms with Crippen LogP contribution in [0.2, 0.25) is 0 Å². The van der Waals surface area contributed by atoms with E-state index in [-0.39, 0.29) is 24.3 Å². The fourth-order valence-corrected chi connectivity index (χ4v) is 9.01. The standard InChI is InChI=1S/C54H102O3/c1-2-3-4-5-6-7-8-9-10-11-12-13-14-15-16-17-18-19-20-21-22-23-24-25-26-27-28-29-30-31-32-33-34-35-36-37-38-39-40-41-42-43-44-45-46-47-48-49-50-52-51-53(55)57-54(52)56/h49-50,52H,2-48,51H2,1H3. The van der Waals surface area contributed by atoms with Gasteiger partial charge >= 0.3 is 11.9 Å². The molecule has 0 N–H and O–H groups in total. The quantitative estimate of drug-likeness (QED) is 0.0266. The van der Waals surface area contributed by atoms with Crippen LogP contribution in [0.15, 0.2) is 12.2 Å². The van der Waals surface area contributed by atoms with E-state index in [0.717, 1.165) is 6.42 Å². The average Bonchev–Trinajstić information content (AvgIpc) is 3.54. The fourth-order valence-electron chi connectivity index (χ4n) is 9.01. The molecule has 1 aliphatic rings. The summed E-state index contributed by atoms with van der Waals surface area (Å²) < 4.78 is 4.58. The Morgan fingerprint density at radius 1 is 0.351 bits per heavy atom. The van der Waals surface area contributed by atoms with Crippen molar-refractivity contribution in [1.29, 1.82) is 0 Å². The van der Waals surface area contributed by atoms with Gasteiger partial charge < -0.3 is 4.74 Å². The Morgan fingerprint density at radius 3 is 0.754 bits per heavy atom. The molecular formula is C54H102O3. The Hall–Kier alpha value is -1.12. The monoisotopic (exact) mass is 799 g/mol. The highest BCUT2D eigenvalue weighted by Crippen LogP contribution is 2.20. The molecule has 3 nitrogen and oxygen atoms in total. The SMILES string of the molecule is CCCCCCCCCCCCCCCCCCCCCCCCCCCCCCCCCCCCCCCCCCCCCCCCC=CC1CC(=O)OC1=O. The highest BCUT2D eigenvalue weighted by atomic mass is 16.6. The van der Waals surface area contributed by atoms with Gasteiger partial charge in [-0.2, -0.15) is 0 Å². The third kappa shape index (κ3) is 41.4. The van der Waals surface area contributed by atoms with Crippen LogP contribution in [0.5, 0.6) is 0 Å². The lowest BCUT2D eigenvalue weighted by Gasteiger charge is -2.05. The molecule has 1 saturated heterocycles. The highest BCUT2D eigenvalue weighted by Gasteiger charge is 2.30. The Balaban J connectivity index is 1.61. The van der Waals surface area contributed by atoms with E-state index in [1.54, 1.807) is 0 Å². The molecular weight excluding hydrogens is 697 g/mol. The van der Waals surface area contributed by atoms with Crippen LogP contribution >= 0.6 is 0 Å². The van der Waals surface area contributed by atoms with Crippen molar-refractivity contribution in [3.63, 3.8) is 0 Å². The molecule has 0 bridgehead atoms. The summed E-state index contributed by atoms with van der Waals surface area (Å²) in [7, 11) is 0. The van der Waals surface area contributed by atoms with E-state index in [0.29, 0.717) is 0 Å². The zero-order chi connectivity index (χ0) is 40.8. The maximum absolute atomic E-state index is 11.4. The molecule has 0 amide bonds. The number of cyclic esters (lactones) is 2. The minimum atomic E-state index is -0.387. The van der Waals surface area contributed by atoms with Crippen LogP contribution in [0, 0.1) is 5.92 Å². The maximum Gasteiger partial charge on any atom is 0.321 e. The Labute approximate surface area is 358 Å². The van der Waals surface area contributed by atoms with Crippen LogP contribution in [-0.4, -0.2) is 11.9 Å². The number of hydrogen-bond donors (Lipinski definition) is 0. The van der Waals surface area contributed by atoms with Gasteiger partial charge in [0, 0.05) is 0 Å². The van der Waals surface area contributed by atoms with Gasteiger partial charge in [0.05, 0.1) is 12.3 Å². The molecule has 1 heterocycles. The summed E-state index contributed by atoms with van der Waals surface area (Å²) in [4.78, 5) is 22.5. The number of rotatable bonds is 48. The lowest BCUT2D eigenvalue weighted by atomic mass is 10.0. The number of ether oxygens (including phenoxy) is 1. The predicted octanol–water partition coefficient (Wildman–Crippen LogP) is 19.0. The minimum absolute atomic E-state index is 0.217. The number of esters is 2. The lowest BCUT2D eigenvalue weighted by molar-refractivity contribution is -0.152. The van der Waals surface area contributed by atoms with Crippen molar-refractivity contribution in [3.8, 4) is 0 Å². The Bertz CT molecular complexity index is 848. The lowest BCUT2D eigenvalue weighted by Crippen LogP contribution is -2.03. The zero-order valence-electron chi connectivity index (χ0n) is 38.9. The van der Waals surface area contributed by atoms with Crippen LogP contribution < -0.4 is 0 Å². The van der Waals surface area contributed by atoms with E-state index in [4.69, 9.17) is 0 Å². The summed E-state index contributed by atoms with van der Waals surface area (Å²) in [5.74, 6) is -1.11. The molecule has 0 saturated carbocycles. The summed E-state index contributed by atoms with van der Waals surface area (Å²) >= 11 is 0. The summed E-state index contributed by atoms with van der Waals surface area (Å²) in [6, 6.07) is 0. The van der Waals surface area contributed by atoms with E-state index < -0.39 is 0 Å². The summed E-state index contributed by atoms with van der Waals surface area (Å²) in [5, 5.41) is 0. The van der Waals surface area contributed by atoms with Crippen molar-refractivity contribution in [3.05, 3.63) is 12.2 Å². The summed E-state index contributed by atoms with van der Waals surface area (Å²) in [6.45, 7) is 2.31. The first-order valence-corrected chi connectivity index (χ1v) is 26.6. The minimum Gasteiger partial charge on any atom is -0.393 e. The Kier molecular flexibility index (Phi) is 43.5. The van der Waals surface area contributed by atoms with Crippen molar-refractivity contribution in [2.45, 2.75) is 315 Å². The molecule has 1 rings (SSSR count). The van der Waals surface area contributed by atoms with E-state index >= 15 is 0 Å². The smallest absolute Gasteiger partial charge is 0.321 e. The van der Waals surface area contributed by atoms with E-state index in [1.165, 1.54) is 295 Å². The van der Waals surface area contributed by atoms with Gasteiger partial charge in [-0.05, 0) is 12.8 Å². The molecule has 0 aromatic carbocycles. The van der Waals surface area contributed by atoms with Crippen LogP contribution in [0.25, 0.3) is 0 Å². The number of hydrogen-bond acceptors (Lipinski definition) is 3. The van der Waals surface area contributed by atoms with Crippen LogP contribution in [-0.2, 0) is 14.3 Å². The van der Waals surface area contributed by atoms with E-state index in [9.17, 15) is 9.59 Å². The third-order valence-electron chi connectivity index (χ3n) is 13.0. The fraction of sp³-hybridized carbons (Fsp3) is 0.926. The molecule has 0 radical (unpaired) electrons. The molecule has 57 heavy (non-hydrogen) atoms. The third-order valence-corrected chi connectivity index (χ3v) is 13.0. The van der Waals surface area contributed by atoms with Gasteiger partial charge in [-0.3, -0.25) is 9.59 Å². The second-order valence-corrected chi connectivity index (χ2v) is 18.7. The number of unbranched alkanes of at least 4 members (excludes halogenated alkanes) is 46. The van der Waals surface area contributed by atoms with Gasteiger partial charge in [0.1, 0.15) is 0 Å². The maximum atomic E-state index is 11.4. The van der Waals surface area contributed by atoms with Crippen LogP contribution in [0.4, 0.5) is 0 Å². The Morgan fingerprint density at radius 2 is 0.561 bits per heavy atom. The van der Waals surface area contributed by atoms with Gasteiger partial charge in [-0.1, -0.05) is 308 Å². The largest absolute Gasteiger partial charge is 0.393 e. The van der Waals surface area contributed by atoms with Crippen molar-refractivity contribution >= 4 is 11.9 Å². The van der Waals surface area contributed by atoms with E-state index in [1.807, 2.05) is 6.08 Å². The second-order valence-electron chi connectivity index (χ2n) is 18.7. The molecule has 3 heteroatoms. The molecule has 1 fully saturated rings. The van der Waals surface area contributed by atoms with Crippen LogP contribution in [0.3, 0.4) is 0 Å². The zero-order valence-corrected chi connectivity index (χ0v) is 38.9. The molecule has 0 aromatic heterocycles. The highest BCUT2D eigenvalue weighted by molar-refractivity contribution is 5.95. The van der Waals surface area contributed by atoms with Crippen LogP contribution in [0.1, 0.15) is 315 Å². The first kappa shape index (κ1) is 53.9. The van der Waals surface area contributed by atoms with Gasteiger partial charge in [0.2, 0.25) is 0 Å². The molecule has 336 valence electrons. The molecule has 0 spiro atoms. The summed E-state index contributed by atoms with van der Waals surface area (Å²) in [6.07, 6.45) is 71.8. The van der Waals surface area contributed by atoms with Crippen molar-refractivity contribution in [2.24, 2.45) is 5.92 Å². The molecule has 1 unspecified atom stereocenters. The summed E-state index contributed by atoms with van der Waals surface area (Å²) in [5.41, 5.74) is 0. The van der Waals surface area contributed by atoms with Gasteiger partial charge in [-0.25, -0.2) is 0 Å². The first-order chi connectivity index (χ1) is 28.2. The van der Waals surface area contributed by atoms with Crippen molar-refractivity contribution in [2.75, 3.05) is 0 Å². The molecule has 0 aromatic rings. The normalized spacial score (nSPS) is 14.4. The van der Waals surface area contributed by atoms with Crippen molar-refractivity contribution < 1.29 is 14.3 Å². The first-order valence-electron chi connectivity index (χ1n) is 26.6. The average molecular weight is 799 g/mol.